The largest absolute Gasteiger partial charge is 0.355 e. The van der Waals surface area contributed by atoms with Gasteiger partial charge < -0.3 is 21.3 Å². The molecule has 1 atom stereocenters. The first-order valence-corrected chi connectivity index (χ1v) is 10.1. The summed E-state index contributed by atoms with van der Waals surface area (Å²) in [7, 11) is 0. The van der Waals surface area contributed by atoms with Gasteiger partial charge in [0, 0.05) is 44.7 Å². The number of nitrogens with two attached hydrogens (primary N) is 1. The maximum atomic E-state index is 12.5. The van der Waals surface area contributed by atoms with Gasteiger partial charge in [-0.25, -0.2) is 0 Å². The summed E-state index contributed by atoms with van der Waals surface area (Å²) in [5.74, 6) is -0.467. The molecule has 1 saturated heterocycles. The van der Waals surface area contributed by atoms with Crippen molar-refractivity contribution in [2.75, 3.05) is 32.7 Å². The zero-order valence-corrected chi connectivity index (χ0v) is 16.5. The van der Waals surface area contributed by atoms with E-state index in [0.29, 0.717) is 31.7 Å². The van der Waals surface area contributed by atoms with Crippen LogP contribution in [0.4, 0.5) is 0 Å². The fourth-order valence-corrected chi connectivity index (χ4v) is 3.63. The topological polar surface area (TPSA) is 105 Å². The number of amides is 3. The Morgan fingerprint density at radius 1 is 1.03 bits per heavy atom. The third kappa shape index (κ3) is 5.54. The molecule has 1 aliphatic heterocycles. The molecule has 1 fully saturated rings. The standard InChI is InChI=1S/C22H28N4O3/c23-10-12-25-22(29)19-6-3-13-26(15-19)20(27)9-11-24-21(28)18-8-7-16-4-1-2-5-17(16)14-18/h1-2,4-5,7-8,14,19H,3,6,9-13,15,23H2,(H,24,28)(H,25,29). The monoisotopic (exact) mass is 396 g/mol. The van der Waals surface area contributed by atoms with Crippen LogP contribution in [-0.4, -0.2) is 55.3 Å². The Balaban J connectivity index is 1.47. The number of carbonyl (C=O) groups excluding carboxylic acids is 3. The summed E-state index contributed by atoms with van der Waals surface area (Å²) in [6, 6.07) is 13.4. The molecule has 4 N–H and O–H groups in total. The van der Waals surface area contributed by atoms with Gasteiger partial charge in [-0.3, -0.25) is 14.4 Å². The van der Waals surface area contributed by atoms with Crippen LogP contribution in [0.5, 0.6) is 0 Å². The number of benzene rings is 2. The zero-order chi connectivity index (χ0) is 20.6. The Morgan fingerprint density at radius 3 is 2.62 bits per heavy atom. The van der Waals surface area contributed by atoms with Crippen molar-refractivity contribution in [2.45, 2.75) is 19.3 Å². The van der Waals surface area contributed by atoms with Crippen molar-refractivity contribution in [1.82, 2.24) is 15.5 Å². The second-order valence-corrected chi connectivity index (χ2v) is 7.33. The fraction of sp³-hybridized carbons (Fsp3) is 0.409. The van der Waals surface area contributed by atoms with Crippen molar-refractivity contribution >= 4 is 28.5 Å². The molecule has 0 aromatic heterocycles. The second kappa shape index (κ2) is 10.0. The molecule has 1 aliphatic rings. The van der Waals surface area contributed by atoms with Crippen LogP contribution >= 0.6 is 0 Å². The van der Waals surface area contributed by atoms with Crippen LogP contribution in [0.15, 0.2) is 42.5 Å². The first kappa shape index (κ1) is 20.8. The smallest absolute Gasteiger partial charge is 0.251 e. The van der Waals surface area contributed by atoms with E-state index in [1.54, 1.807) is 11.0 Å². The highest BCUT2D eigenvalue weighted by Gasteiger charge is 2.27. The number of hydrogen-bond donors (Lipinski definition) is 3. The SMILES string of the molecule is NCCNC(=O)C1CCCN(C(=O)CCNC(=O)c2ccc3ccccc3c2)C1. The highest BCUT2D eigenvalue weighted by Crippen LogP contribution is 2.18. The Bertz CT molecular complexity index is 883. The van der Waals surface area contributed by atoms with E-state index in [-0.39, 0.29) is 36.6 Å². The van der Waals surface area contributed by atoms with Crippen molar-refractivity contribution in [1.29, 1.82) is 0 Å². The third-order valence-electron chi connectivity index (χ3n) is 5.22. The van der Waals surface area contributed by atoms with Gasteiger partial charge in [-0.1, -0.05) is 30.3 Å². The predicted molar refractivity (Wildman–Crippen MR) is 112 cm³/mol. The van der Waals surface area contributed by atoms with Gasteiger partial charge in [-0.15, -0.1) is 0 Å². The van der Waals surface area contributed by atoms with Gasteiger partial charge in [0.15, 0.2) is 0 Å². The summed E-state index contributed by atoms with van der Waals surface area (Å²) >= 11 is 0. The molecule has 0 aliphatic carbocycles. The lowest BCUT2D eigenvalue weighted by Gasteiger charge is -2.32. The minimum absolute atomic E-state index is 0.0415. The van der Waals surface area contributed by atoms with Gasteiger partial charge in [0.05, 0.1) is 5.92 Å². The summed E-state index contributed by atoms with van der Waals surface area (Å²) in [6.45, 7) is 2.19. The molecule has 7 nitrogen and oxygen atoms in total. The molecule has 7 heteroatoms. The summed E-state index contributed by atoms with van der Waals surface area (Å²) < 4.78 is 0. The zero-order valence-electron chi connectivity index (χ0n) is 16.5. The highest BCUT2D eigenvalue weighted by atomic mass is 16.2. The predicted octanol–water partition coefficient (Wildman–Crippen LogP) is 1.27. The van der Waals surface area contributed by atoms with E-state index in [9.17, 15) is 14.4 Å². The number of piperidine rings is 1. The molecule has 0 spiro atoms. The first-order chi connectivity index (χ1) is 14.1. The molecule has 0 bridgehead atoms. The van der Waals surface area contributed by atoms with Crippen LogP contribution < -0.4 is 16.4 Å². The minimum Gasteiger partial charge on any atom is -0.355 e. The van der Waals surface area contributed by atoms with Crippen LogP contribution in [-0.2, 0) is 9.59 Å². The van der Waals surface area contributed by atoms with Crippen LogP contribution in [0.3, 0.4) is 0 Å². The summed E-state index contributed by atoms with van der Waals surface area (Å²) in [5, 5.41) is 7.69. The molecule has 2 aromatic rings. The average Bonchev–Trinajstić information content (AvgIpc) is 2.77. The molecule has 0 saturated carbocycles. The van der Waals surface area contributed by atoms with E-state index in [2.05, 4.69) is 10.6 Å². The van der Waals surface area contributed by atoms with E-state index in [4.69, 9.17) is 5.73 Å². The summed E-state index contributed by atoms with van der Waals surface area (Å²) in [5.41, 5.74) is 5.99. The Labute approximate surface area is 170 Å². The van der Waals surface area contributed by atoms with Crippen molar-refractivity contribution in [3.63, 3.8) is 0 Å². The number of nitrogens with one attached hydrogen (secondary N) is 2. The maximum absolute atomic E-state index is 12.5. The number of likely N-dealkylation sites (tertiary alicyclic amines) is 1. The molecule has 0 radical (unpaired) electrons. The van der Waals surface area contributed by atoms with Gasteiger partial charge in [0.1, 0.15) is 0 Å². The Morgan fingerprint density at radius 2 is 1.83 bits per heavy atom. The van der Waals surface area contributed by atoms with Crippen molar-refractivity contribution < 1.29 is 14.4 Å². The number of carbonyl (C=O) groups is 3. The highest BCUT2D eigenvalue weighted by molar-refractivity contribution is 5.98. The molecular weight excluding hydrogens is 368 g/mol. The lowest BCUT2D eigenvalue weighted by atomic mass is 9.97. The van der Waals surface area contributed by atoms with Crippen LogP contribution in [0, 0.1) is 5.92 Å². The van der Waals surface area contributed by atoms with Gasteiger partial charge in [-0.05, 0) is 35.7 Å². The van der Waals surface area contributed by atoms with Gasteiger partial charge in [0.2, 0.25) is 11.8 Å². The van der Waals surface area contributed by atoms with Crippen molar-refractivity contribution in [3.05, 3.63) is 48.0 Å². The Kier molecular flexibility index (Phi) is 7.19. The summed E-state index contributed by atoms with van der Waals surface area (Å²) in [6.07, 6.45) is 1.80. The number of rotatable bonds is 7. The molecular formula is C22H28N4O3. The molecule has 1 heterocycles. The maximum Gasteiger partial charge on any atom is 0.251 e. The lowest BCUT2D eigenvalue weighted by molar-refractivity contribution is -0.135. The van der Waals surface area contributed by atoms with Crippen LogP contribution in [0.2, 0.25) is 0 Å². The minimum atomic E-state index is -0.193. The molecule has 3 amide bonds. The average molecular weight is 396 g/mol. The van der Waals surface area contributed by atoms with Gasteiger partial charge in [-0.2, -0.15) is 0 Å². The van der Waals surface area contributed by atoms with Gasteiger partial charge >= 0.3 is 0 Å². The lowest BCUT2D eigenvalue weighted by Crippen LogP contribution is -2.46. The number of nitrogens with zero attached hydrogens (tertiary/aromatic N) is 1. The van der Waals surface area contributed by atoms with Crippen molar-refractivity contribution in [2.24, 2.45) is 11.7 Å². The third-order valence-corrected chi connectivity index (χ3v) is 5.22. The van der Waals surface area contributed by atoms with Crippen LogP contribution in [0.25, 0.3) is 10.8 Å². The molecule has 29 heavy (non-hydrogen) atoms. The molecule has 154 valence electrons. The Hall–Kier alpha value is -2.93. The molecule has 3 rings (SSSR count). The first-order valence-electron chi connectivity index (χ1n) is 10.1. The van der Waals surface area contributed by atoms with Crippen molar-refractivity contribution in [3.8, 4) is 0 Å². The van der Waals surface area contributed by atoms with E-state index in [1.165, 1.54) is 0 Å². The number of fused-ring (bicyclic) bond motifs is 1. The van der Waals surface area contributed by atoms with E-state index in [1.807, 2.05) is 36.4 Å². The van der Waals surface area contributed by atoms with Crippen LogP contribution in [0.1, 0.15) is 29.6 Å². The van der Waals surface area contributed by atoms with E-state index in [0.717, 1.165) is 23.6 Å². The fourth-order valence-electron chi connectivity index (χ4n) is 3.63. The normalized spacial score (nSPS) is 16.4. The molecule has 2 aromatic carbocycles. The molecule has 1 unspecified atom stereocenters. The van der Waals surface area contributed by atoms with E-state index >= 15 is 0 Å². The number of hydrogen-bond acceptors (Lipinski definition) is 4. The van der Waals surface area contributed by atoms with Gasteiger partial charge in [0.25, 0.3) is 5.91 Å². The second-order valence-electron chi connectivity index (χ2n) is 7.33. The quantitative estimate of drug-likeness (QED) is 0.656. The van der Waals surface area contributed by atoms with E-state index < -0.39 is 0 Å². The summed E-state index contributed by atoms with van der Waals surface area (Å²) in [4.78, 5) is 38.7.